The van der Waals surface area contributed by atoms with Crippen LogP contribution < -0.4 is 65.1 Å². The van der Waals surface area contributed by atoms with Crippen molar-refractivity contribution in [3.8, 4) is 0 Å². The van der Waals surface area contributed by atoms with Gasteiger partial charge in [-0.2, -0.15) is 12.6 Å². The predicted molar refractivity (Wildman–Crippen MR) is 294 cm³/mol. The van der Waals surface area contributed by atoms with E-state index >= 15 is 0 Å². The number of unbranched alkanes of at least 4 members (excludes halogenated alkanes) is 1. The predicted octanol–water partition coefficient (Wildman–Crippen LogP) is -7.86. The molecule has 1 fully saturated rings. The fraction of sp³-hybridized carbons (Fsp3) is 0.612. The first-order valence-electron chi connectivity index (χ1n) is 26.8. The topological polar surface area (TPSA) is 550 Å². The van der Waals surface area contributed by atoms with Gasteiger partial charge in [-0.3, -0.25) is 57.5 Å². The lowest BCUT2D eigenvalue weighted by molar-refractivity contribution is -0.143. The number of aliphatic hydroxyl groups is 2. The van der Waals surface area contributed by atoms with Gasteiger partial charge in [0.2, 0.25) is 65.0 Å². The zero-order valence-corrected chi connectivity index (χ0v) is 47.4. The minimum Gasteiger partial charge on any atom is -0.481 e. The number of primary amides is 1. The molecular weight excluding hydrogens is 1130 g/mol. The van der Waals surface area contributed by atoms with E-state index in [0.29, 0.717) is 12.1 Å². The lowest BCUT2D eigenvalue weighted by atomic mass is 10.0. The van der Waals surface area contributed by atoms with Crippen molar-refractivity contribution in [2.24, 2.45) is 23.1 Å². The van der Waals surface area contributed by atoms with Crippen molar-refractivity contribution in [3.63, 3.8) is 0 Å². The number of H-pyrrole nitrogens is 2. The molecule has 0 spiro atoms. The minimum absolute atomic E-state index is 0.0102. The normalized spacial score (nSPS) is 16.5. The maximum Gasteiger partial charge on any atom is 0.326 e. The first kappa shape index (κ1) is 70.0. The summed E-state index contributed by atoms with van der Waals surface area (Å²) in [6.07, 6.45) is 4.08. The van der Waals surface area contributed by atoms with Gasteiger partial charge in [0.25, 0.3) is 0 Å². The minimum atomic E-state index is -1.82. The Morgan fingerprint density at radius 3 is 1.63 bits per heavy atom. The number of carboxylic acid groups (broad SMARTS) is 2. The molecule has 1 aliphatic rings. The Morgan fingerprint density at radius 1 is 0.643 bits per heavy atom. The summed E-state index contributed by atoms with van der Waals surface area (Å²) in [5.74, 6) is -14.5. The number of carbonyl (C=O) groups is 13. The van der Waals surface area contributed by atoms with Crippen LogP contribution in [0.25, 0.3) is 0 Å². The van der Waals surface area contributed by atoms with Gasteiger partial charge in [0.05, 0.1) is 49.7 Å². The molecule has 1 aliphatic heterocycles. The number of hydrogen-bond donors (Lipinski definition) is 19. The second-order valence-electron chi connectivity index (χ2n) is 20.0. The highest BCUT2D eigenvalue weighted by molar-refractivity contribution is 7.80. The Balaban J connectivity index is 1.75. The number of rotatable bonds is 37. The Labute approximate surface area is 486 Å². The molecule has 466 valence electrons. The quantitative estimate of drug-likeness (QED) is 0.0221. The van der Waals surface area contributed by atoms with Gasteiger partial charge in [0.1, 0.15) is 60.4 Å². The molecule has 0 unspecified atom stereocenters. The van der Waals surface area contributed by atoms with Crippen molar-refractivity contribution in [1.82, 2.24) is 72.7 Å². The van der Waals surface area contributed by atoms with E-state index in [9.17, 15) is 77.6 Å². The zero-order valence-electron chi connectivity index (χ0n) is 46.5. The van der Waals surface area contributed by atoms with E-state index in [0.717, 1.165) is 4.90 Å². The molecule has 0 aliphatic carbocycles. The maximum atomic E-state index is 14.1. The number of aromatic nitrogens is 4. The van der Waals surface area contributed by atoms with Gasteiger partial charge in [-0.1, -0.05) is 13.8 Å². The van der Waals surface area contributed by atoms with Crippen LogP contribution in [-0.2, 0) is 75.2 Å². The van der Waals surface area contributed by atoms with Gasteiger partial charge in [0.15, 0.2) is 0 Å². The monoisotopic (exact) mass is 1210 g/mol. The summed E-state index contributed by atoms with van der Waals surface area (Å²) < 4.78 is 0. The van der Waals surface area contributed by atoms with Crippen molar-refractivity contribution in [2.45, 2.75) is 151 Å². The van der Waals surface area contributed by atoms with Crippen LogP contribution in [-0.4, -0.2) is 221 Å². The van der Waals surface area contributed by atoms with Gasteiger partial charge >= 0.3 is 11.9 Å². The summed E-state index contributed by atoms with van der Waals surface area (Å²) >= 11 is 4.12. The van der Waals surface area contributed by atoms with Gasteiger partial charge in [-0.25, -0.2) is 14.8 Å². The van der Waals surface area contributed by atoms with Crippen molar-refractivity contribution in [2.75, 3.05) is 32.1 Å². The van der Waals surface area contributed by atoms with Crippen molar-refractivity contribution in [3.05, 3.63) is 36.4 Å². The fourth-order valence-electron chi connectivity index (χ4n) is 8.40. The number of aliphatic hydroxyl groups excluding tert-OH is 2. The Kier molecular flexibility index (Phi) is 29.2. The van der Waals surface area contributed by atoms with Crippen LogP contribution in [0.2, 0.25) is 0 Å². The molecule has 3 heterocycles. The number of carbonyl (C=O) groups excluding carboxylic acids is 11. The van der Waals surface area contributed by atoms with E-state index in [1.165, 1.54) is 32.0 Å². The number of aliphatic carboxylic acids is 2. The van der Waals surface area contributed by atoms with E-state index in [2.05, 4.69) is 80.4 Å². The number of carboxylic acids is 2. The highest BCUT2D eigenvalue weighted by Gasteiger charge is 2.41. The molecule has 0 radical (unpaired) electrons. The molecule has 3 rings (SSSR count). The Morgan fingerprint density at radius 2 is 1.13 bits per heavy atom. The molecule has 0 aromatic carbocycles. The summed E-state index contributed by atoms with van der Waals surface area (Å²) in [5, 5.41) is 60.6. The molecule has 11 atom stereocenters. The second kappa shape index (κ2) is 35.0. The lowest BCUT2D eigenvalue weighted by Crippen LogP contribution is -2.61. The Bertz CT molecular complexity index is 2590. The zero-order chi connectivity index (χ0) is 62.8. The molecule has 0 saturated carbocycles. The number of nitrogens with zero attached hydrogens (tertiary/aromatic N) is 3. The van der Waals surface area contributed by atoms with Crippen LogP contribution in [0.15, 0.2) is 25.0 Å². The maximum absolute atomic E-state index is 14.1. The molecule has 21 N–H and O–H groups in total. The first-order valence-corrected chi connectivity index (χ1v) is 27.4. The summed E-state index contributed by atoms with van der Waals surface area (Å²) in [4.78, 5) is 186. The highest BCUT2D eigenvalue weighted by Crippen LogP contribution is 2.20. The number of amides is 11. The number of hydrogen-bond acceptors (Lipinski definition) is 20. The van der Waals surface area contributed by atoms with Crippen LogP contribution >= 0.6 is 12.6 Å². The van der Waals surface area contributed by atoms with Crippen LogP contribution in [0.5, 0.6) is 0 Å². The van der Waals surface area contributed by atoms with Crippen molar-refractivity contribution in [1.29, 1.82) is 0 Å². The third kappa shape index (κ3) is 22.5. The summed E-state index contributed by atoms with van der Waals surface area (Å²) in [6.45, 7) is 2.44. The van der Waals surface area contributed by atoms with Crippen LogP contribution in [0.4, 0.5) is 0 Å². The number of nitrogens with one attached hydrogen (secondary N) is 11. The average molecular weight is 1210 g/mol. The number of imidazole rings is 2. The molecule has 11 amide bonds. The van der Waals surface area contributed by atoms with E-state index in [4.69, 9.17) is 22.3 Å². The smallest absolute Gasteiger partial charge is 0.326 e. The van der Waals surface area contributed by atoms with E-state index in [1.807, 2.05) is 0 Å². The van der Waals surface area contributed by atoms with Crippen molar-refractivity contribution < 1.29 is 82.8 Å². The molecular formula is C49H77N17O17S. The summed E-state index contributed by atoms with van der Waals surface area (Å²) in [5.41, 5.74) is 17.4. The first-order chi connectivity index (χ1) is 39.7. The van der Waals surface area contributed by atoms with E-state index in [1.54, 1.807) is 13.8 Å². The van der Waals surface area contributed by atoms with Gasteiger partial charge in [0, 0.05) is 44.0 Å². The molecule has 84 heavy (non-hydrogen) atoms. The number of likely N-dealkylation sites (tertiary alicyclic amines) is 1. The number of thiol groups is 1. The molecule has 2 aromatic rings. The SMILES string of the molecule is CC(C)[C@H](NC(=O)[C@H](C)NC(=O)[C@H](Cc1c[nH]cn1)NC(=O)[C@H](CCC(N)=O)NC(=O)[C@H](CCCCN)NC(=O)[C@H](CO)NC(=O)[C@H](CS)NC(=O)[C@H](CO)NC(=O)[C@@H]1CCCN1C(=O)[C@H](Cc1c[nH]cn1)NC(=O)[C@@H](N)CC(=O)O)C(=O)O. The molecule has 34 nitrogen and oxygen atoms in total. The van der Waals surface area contributed by atoms with Crippen LogP contribution in [0, 0.1) is 5.92 Å². The largest absolute Gasteiger partial charge is 0.481 e. The molecule has 0 bridgehead atoms. The highest BCUT2D eigenvalue weighted by atomic mass is 32.1. The summed E-state index contributed by atoms with van der Waals surface area (Å²) in [7, 11) is 0. The second-order valence-corrected chi connectivity index (χ2v) is 20.4. The average Bonchev–Trinajstić information content (AvgIpc) is 4.10. The Hall–Kier alpha value is -8.28. The third-order valence-corrected chi connectivity index (χ3v) is 13.4. The van der Waals surface area contributed by atoms with E-state index in [-0.39, 0.29) is 57.3 Å². The van der Waals surface area contributed by atoms with E-state index < -0.39 is 188 Å². The van der Waals surface area contributed by atoms with Crippen LogP contribution in [0.1, 0.15) is 83.5 Å². The summed E-state index contributed by atoms with van der Waals surface area (Å²) in [6, 6.07) is -16.6. The standard InChI is InChI=1S/C49H77N17O17S/c1-23(2)38(49(82)83)65-39(72)24(3)57-43(76)30(13-25-16-53-21-55-25)60-42(75)29(9-10-36(52)69)59-41(74)28(7-4-5-11-50)58-44(77)32(18-67)62-46(79)34(20-84)64-45(78)33(19-68)63-47(80)35-8-6-12-66(35)48(81)31(14-26-17-54-22-56-26)61-40(73)27(51)15-37(70)71/h16-17,21-24,27-35,38,67-68,84H,4-15,18-20,50-51H2,1-3H3,(H2,52,69)(H,53,55)(H,54,56)(H,57,76)(H,58,77)(H,59,74)(H,60,75)(H,61,73)(H,62,79)(H,63,80)(H,64,78)(H,65,72)(H,70,71)(H,82,83)/t24-,27-,28-,29-,30-,31-,32-,33-,34-,35-,38-/m0/s1. The number of aromatic amines is 2. The lowest BCUT2D eigenvalue weighted by Gasteiger charge is -2.30. The van der Waals surface area contributed by atoms with Gasteiger partial charge in [-0.15, -0.1) is 0 Å². The van der Waals surface area contributed by atoms with Crippen LogP contribution in [0.3, 0.4) is 0 Å². The third-order valence-electron chi connectivity index (χ3n) is 13.1. The molecule has 35 heteroatoms. The molecule has 2 aromatic heterocycles. The molecule has 1 saturated heterocycles. The van der Waals surface area contributed by atoms with Crippen molar-refractivity contribution >= 4 is 89.5 Å². The fourth-order valence-corrected chi connectivity index (χ4v) is 8.65. The van der Waals surface area contributed by atoms with Gasteiger partial charge in [-0.05, 0) is 57.9 Å². The van der Waals surface area contributed by atoms with Gasteiger partial charge < -0.3 is 100 Å². The number of nitrogens with two attached hydrogens (primary N) is 3.